The predicted octanol–water partition coefficient (Wildman–Crippen LogP) is 2.99. The highest BCUT2D eigenvalue weighted by molar-refractivity contribution is 5.60. The van der Waals surface area contributed by atoms with Crippen LogP contribution in [0.1, 0.15) is 37.3 Å². The van der Waals surface area contributed by atoms with Crippen molar-refractivity contribution in [3.8, 4) is 0 Å². The highest BCUT2D eigenvalue weighted by atomic mass is 16.2. The Balaban J connectivity index is 2.33. The van der Waals surface area contributed by atoms with Gasteiger partial charge in [-0.25, -0.2) is 0 Å². The zero-order valence-corrected chi connectivity index (χ0v) is 12.6. The largest absolute Gasteiger partial charge is 0.363 e. The van der Waals surface area contributed by atoms with Crippen LogP contribution in [0.2, 0.25) is 0 Å². The van der Waals surface area contributed by atoms with E-state index in [0.717, 1.165) is 12.0 Å². The Morgan fingerprint density at radius 3 is 2.38 bits per heavy atom. The number of hydrogen-bond donors (Lipinski definition) is 0. The number of rotatable bonds is 7. The topological polar surface area (TPSA) is 37.4 Å². The van der Waals surface area contributed by atoms with Crippen LogP contribution in [0.25, 0.3) is 0 Å². The summed E-state index contributed by atoms with van der Waals surface area (Å²) in [6.45, 7) is 8.98. The van der Waals surface area contributed by atoms with E-state index in [2.05, 4.69) is 6.58 Å². The fraction of sp³-hybridized carbons (Fsp3) is 0.333. The van der Waals surface area contributed by atoms with Crippen LogP contribution in [0.4, 0.5) is 5.69 Å². The van der Waals surface area contributed by atoms with Gasteiger partial charge in [0.25, 0.3) is 0 Å². The van der Waals surface area contributed by atoms with Gasteiger partial charge in [0, 0.05) is 18.7 Å². The van der Waals surface area contributed by atoms with E-state index in [1.165, 1.54) is 0 Å². The van der Waals surface area contributed by atoms with Crippen LogP contribution >= 0.6 is 0 Å². The fourth-order valence-electron chi connectivity index (χ4n) is 2.57. The van der Waals surface area contributed by atoms with Crippen molar-refractivity contribution in [2.24, 2.45) is 0 Å². The van der Waals surface area contributed by atoms with Crippen LogP contribution in [0, 0.1) is 0 Å². The van der Waals surface area contributed by atoms with Crippen LogP contribution in [-0.4, -0.2) is 6.54 Å². The first kappa shape index (κ1) is 15.2. The molecule has 0 bridgehead atoms. The maximum atomic E-state index is 12.0. The molecule has 2 aromatic rings. The lowest BCUT2D eigenvalue weighted by atomic mass is 9.94. The zero-order valence-electron chi connectivity index (χ0n) is 12.6. The predicted molar refractivity (Wildman–Crippen MR) is 87.7 cm³/mol. The van der Waals surface area contributed by atoms with E-state index in [1.54, 1.807) is 0 Å². The fourth-order valence-corrected chi connectivity index (χ4v) is 2.57. The average Bonchev–Trinajstić information content (AvgIpc) is 2.48. The molecule has 0 fully saturated rings. The van der Waals surface area contributed by atoms with Crippen molar-refractivity contribution in [1.82, 2.24) is 0 Å². The Bertz CT molecular complexity index is 679. The molecule has 0 amide bonds. The van der Waals surface area contributed by atoms with E-state index in [0.29, 0.717) is 24.3 Å². The Morgan fingerprint density at radius 1 is 1.14 bits per heavy atom. The lowest BCUT2D eigenvalue weighted by molar-refractivity contribution is 0.752. The minimum atomic E-state index is -0.348. The second-order valence-corrected chi connectivity index (χ2v) is 5.56. The van der Waals surface area contributed by atoms with E-state index < -0.39 is 0 Å². The summed E-state index contributed by atoms with van der Waals surface area (Å²) in [7, 11) is 0. The molecule has 2 aromatic carbocycles. The molecule has 21 heavy (non-hydrogen) atoms. The molecule has 0 N–H and O–H groups in total. The Labute approximate surface area is 125 Å². The summed E-state index contributed by atoms with van der Waals surface area (Å²) in [6, 6.07) is 9.98. The standard InChI is InChI=1S/C18H21NO2/c1-4-5-11-19(12-14-9-7-6-8-10-14)16-15(13(2)3)17(20)18(16)21/h4,6-10,13H,1,5,11-12H2,2-3H3. The molecule has 0 saturated carbocycles. The SMILES string of the molecule is C=CCCN(Cc1ccccc1)c1c(C(C)C)c(=O)c1=O. The second-order valence-electron chi connectivity index (χ2n) is 5.56. The molecule has 0 aromatic heterocycles. The molecule has 0 aliphatic heterocycles. The van der Waals surface area contributed by atoms with Gasteiger partial charge >= 0.3 is 0 Å². The molecule has 0 unspecified atom stereocenters. The molecule has 3 heteroatoms. The van der Waals surface area contributed by atoms with Crippen molar-refractivity contribution >= 4 is 5.69 Å². The third kappa shape index (κ3) is 3.13. The summed E-state index contributed by atoms with van der Waals surface area (Å²) >= 11 is 0. The van der Waals surface area contributed by atoms with Gasteiger partial charge in [0.2, 0.25) is 10.9 Å². The van der Waals surface area contributed by atoms with Crippen LogP contribution in [0.15, 0.2) is 52.6 Å². The molecule has 3 nitrogen and oxygen atoms in total. The first-order valence-corrected chi connectivity index (χ1v) is 7.29. The Hall–Kier alpha value is -2.16. The van der Waals surface area contributed by atoms with Gasteiger partial charge in [-0.05, 0) is 17.9 Å². The normalized spacial score (nSPS) is 11.0. The molecular weight excluding hydrogens is 262 g/mol. The van der Waals surface area contributed by atoms with Gasteiger partial charge in [0.05, 0.1) is 5.69 Å². The molecule has 0 spiro atoms. The highest BCUT2D eigenvalue weighted by Gasteiger charge is 2.27. The molecular formula is C18H21NO2. The van der Waals surface area contributed by atoms with Gasteiger partial charge in [0.1, 0.15) is 0 Å². The van der Waals surface area contributed by atoms with Gasteiger partial charge in [-0.15, -0.1) is 6.58 Å². The van der Waals surface area contributed by atoms with E-state index in [4.69, 9.17) is 0 Å². The van der Waals surface area contributed by atoms with Gasteiger partial charge in [-0.2, -0.15) is 0 Å². The molecule has 2 rings (SSSR count). The van der Waals surface area contributed by atoms with Crippen molar-refractivity contribution in [3.05, 3.63) is 74.6 Å². The number of benzene rings is 1. The van der Waals surface area contributed by atoms with Crippen molar-refractivity contribution < 1.29 is 0 Å². The lowest BCUT2D eigenvalue weighted by Crippen LogP contribution is -2.44. The van der Waals surface area contributed by atoms with Crippen LogP contribution in [0.3, 0.4) is 0 Å². The third-order valence-electron chi connectivity index (χ3n) is 3.63. The summed E-state index contributed by atoms with van der Waals surface area (Å²) in [6.07, 6.45) is 2.61. The number of anilines is 1. The number of nitrogens with zero attached hydrogens (tertiary/aromatic N) is 1. The molecule has 0 atom stereocenters. The number of hydrogen-bond acceptors (Lipinski definition) is 3. The average molecular weight is 283 g/mol. The molecule has 0 aliphatic carbocycles. The maximum Gasteiger partial charge on any atom is 0.249 e. The summed E-state index contributed by atoms with van der Waals surface area (Å²) < 4.78 is 0. The third-order valence-corrected chi connectivity index (χ3v) is 3.63. The summed E-state index contributed by atoms with van der Waals surface area (Å²) in [5, 5.41) is 0. The zero-order chi connectivity index (χ0) is 15.4. The molecule has 0 saturated heterocycles. The Morgan fingerprint density at radius 2 is 1.81 bits per heavy atom. The van der Waals surface area contributed by atoms with Gasteiger partial charge in [0.15, 0.2) is 0 Å². The van der Waals surface area contributed by atoms with E-state index >= 15 is 0 Å². The molecule has 0 heterocycles. The van der Waals surface area contributed by atoms with E-state index in [-0.39, 0.29) is 16.8 Å². The first-order chi connectivity index (χ1) is 10.1. The summed E-state index contributed by atoms with van der Waals surface area (Å²) in [5.41, 5.74) is 1.72. The maximum absolute atomic E-state index is 12.0. The summed E-state index contributed by atoms with van der Waals surface area (Å²) in [5.74, 6) is 0.0761. The Kier molecular flexibility index (Phi) is 4.73. The van der Waals surface area contributed by atoms with Crippen LogP contribution < -0.4 is 15.8 Å². The second kappa shape index (κ2) is 6.53. The van der Waals surface area contributed by atoms with Crippen molar-refractivity contribution in [1.29, 1.82) is 0 Å². The molecule has 110 valence electrons. The van der Waals surface area contributed by atoms with Gasteiger partial charge in [-0.3, -0.25) is 9.59 Å². The highest BCUT2D eigenvalue weighted by Crippen LogP contribution is 2.24. The first-order valence-electron chi connectivity index (χ1n) is 7.29. The van der Waals surface area contributed by atoms with Crippen molar-refractivity contribution in [2.45, 2.75) is 32.7 Å². The van der Waals surface area contributed by atoms with Crippen molar-refractivity contribution in [2.75, 3.05) is 11.4 Å². The summed E-state index contributed by atoms with van der Waals surface area (Å²) in [4.78, 5) is 25.8. The van der Waals surface area contributed by atoms with Crippen LogP contribution in [-0.2, 0) is 6.54 Å². The quantitative estimate of drug-likeness (QED) is 0.579. The lowest BCUT2D eigenvalue weighted by Gasteiger charge is -2.28. The van der Waals surface area contributed by atoms with Gasteiger partial charge in [-0.1, -0.05) is 50.3 Å². The smallest absolute Gasteiger partial charge is 0.249 e. The minimum absolute atomic E-state index is 0.0761. The van der Waals surface area contributed by atoms with Crippen LogP contribution in [0.5, 0.6) is 0 Å². The minimum Gasteiger partial charge on any atom is -0.363 e. The monoisotopic (exact) mass is 283 g/mol. The van der Waals surface area contributed by atoms with E-state index in [9.17, 15) is 9.59 Å². The van der Waals surface area contributed by atoms with E-state index in [1.807, 2.05) is 55.2 Å². The molecule has 0 radical (unpaired) electrons. The van der Waals surface area contributed by atoms with Gasteiger partial charge < -0.3 is 4.90 Å². The van der Waals surface area contributed by atoms with Crippen molar-refractivity contribution in [3.63, 3.8) is 0 Å². The molecule has 0 aliphatic rings.